The second-order valence-electron chi connectivity index (χ2n) is 6.64. The Hall–Kier alpha value is -3.41. The van der Waals surface area contributed by atoms with Gasteiger partial charge in [0.05, 0.1) is 5.69 Å². The molecule has 0 atom stereocenters. The number of hydrogen-bond acceptors (Lipinski definition) is 3. The number of carbonyl (C=O) groups is 1. The smallest absolute Gasteiger partial charge is 0.274 e. The molecule has 4 rings (SSSR count). The van der Waals surface area contributed by atoms with Gasteiger partial charge in [-0.3, -0.25) is 4.79 Å². The quantitative estimate of drug-likeness (QED) is 0.511. The van der Waals surface area contributed by atoms with Crippen molar-refractivity contribution >= 4 is 16.9 Å². The van der Waals surface area contributed by atoms with E-state index in [9.17, 15) is 9.18 Å². The lowest BCUT2D eigenvalue weighted by Crippen LogP contribution is -2.27. The van der Waals surface area contributed by atoms with Gasteiger partial charge in [-0.15, -0.1) is 0 Å². The molecule has 0 saturated carbocycles. The minimum absolute atomic E-state index is 0.206. The molecule has 0 N–H and O–H groups in total. The number of halogens is 1. The molecule has 0 bridgehead atoms. The Morgan fingerprint density at radius 2 is 2.00 bits per heavy atom. The molecule has 0 aliphatic heterocycles. The summed E-state index contributed by atoms with van der Waals surface area (Å²) in [4.78, 5) is 14.5. The molecule has 1 amide bonds. The summed E-state index contributed by atoms with van der Waals surface area (Å²) in [5.74, 6) is 0.325. The lowest BCUT2D eigenvalue weighted by molar-refractivity contribution is 0.0778. The Kier molecular flexibility index (Phi) is 4.69. The molecule has 0 unspecified atom stereocenters. The van der Waals surface area contributed by atoms with Crippen molar-refractivity contribution < 1.29 is 13.6 Å². The second-order valence-corrected chi connectivity index (χ2v) is 6.64. The molecule has 0 aliphatic carbocycles. The molecule has 142 valence electrons. The van der Waals surface area contributed by atoms with Crippen LogP contribution in [0.5, 0.6) is 0 Å². The second kappa shape index (κ2) is 7.31. The molecule has 4 aromatic rings. The largest absolute Gasteiger partial charge is 0.461 e. The first-order valence-corrected chi connectivity index (χ1v) is 9.13. The van der Waals surface area contributed by atoms with Gasteiger partial charge >= 0.3 is 0 Å². The van der Waals surface area contributed by atoms with Gasteiger partial charge in [0, 0.05) is 37.2 Å². The number of aromatic nitrogens is 2. The highest BCUT2D eigenvalue weighted by molar-refractivity contribution is 5.92. The Morgan fingerprint density at radius 1 is 1.18 bits per heavy atom. The molecule has 6 heteroatoms. The van der Waals surface area contributed by atoms with Gasteiger partial charge < -0.3 is 9.32 Å². The van der Waals surface area contributed by atoms with Crippen LogP contribution in [0.2, 0.25) is 0 Å². The predicted octanol–water partition coefficient (Wildman–Crippen LogP) is 4.59. The SMILES string of the molecule is CCc1oc2ccccc2c1CN(C)C(=O)c1ccn(-c2cccc(F)c2)n1. The number of fused-ring (bicyclic) bond motifs is 1. The van der Waals surface area contributed by atoms with E-state index in [2.05, 4.69) is 5.10 Å². The van der Waals surface area contributed by atoms with Crippen LogP contribution in [0.1, 0.15) is 28.7 Å². The molecule has 2 heterocycles. The predicted molar refractivity (Wildman–Crippen MR) is 105 cm³/mol. The molecular formula is C22H20FN3O2. The molecule has 2 aromatic heterocycles. The normalized spacial score (nSPS) is 11.1. The van der Waals surface area contributed by atoms with Crippen molar-refractivity contribution in [1.29, 1.82) is 0 Å². The molecule has 0 saturated heterocycles. The Balaban J connectivity index is 1.58. The van der Waals surface area contributed by atoms with Crippen LogP contribution in [0, 0.1) is 5.82 Å². The van der Waals surface area contributed by atoms with Crippen molar-refractivity contribution in [2.45, 2.75) is 19.9 Å². The average Bonchev–Trinajstić information content (AvgIpc) is 3.33. The maximum absolute atomic E-state index is 13.4. The van der Waals surface area contributed by atoms with E-state index < -0.39 is 0 Å². The maximum atomic E-state index is 13.4. The standard InChI is InChI=1S/C22H20FN3O2/c1-3-20-18(17-9-4-5-10-21(17)28-20)14-25(2)22(27)19-11-12-26(24-19)16-8-6-7-15(23)13-16/h4-13H,3,14H2,1-2H3. The van der Waals surface area contributed by atoms with Crippen LogP contribution < -0.4 is 0 Å². The number of para-hydroxylation sites is 1. The fourth-order valence-corrected chi connectivity index (χ4v) is 3.31. The van der Waals surface area contributed by atoms with Gasteiger partial charge in [0.15, 0.2) is 5.69 Å². The first kappa shape index (κ1) is 18.0. The van der Waals surface area contributed by atoms with E-state index in [1.165, 1.54) is 16.8 Å². The van der Waals surface area contributed by atoms with Crippen LogP contribution in [0.15, 0.2) is 65.2 Å². The lowest BCUT2D eigenvalue weighted by Gasteiger charge is -2.16. The zero-order chi connectivity index (χ0) is 19.7. The summed E-state index contributed by atoms with van der Waals surface area (Å²) in [6, 6.07) is 15.5. The summed E-state index contributed by atoms with van der Waals surface area (Å²) < 4.78 is 20.8. The summed E-state index contributed by atoms with van der Waals surface area (Å²) in [7, 11) is 1.74. The van der Waals surface area contributed by atoms with E-state index >= 15 is 0 Å². The number of furan rings is 1. The van der Waals surface area contributed by atoms with E-state index in [-0.39, 0.29) is 11.7 Å². The summed E-state index contributed by atoms with van der Waals surface area (Å²) in [5, 5.41) is 5.33. The fraction of sp³-hybridized carbons (Fsp3) is 0.182. The number of aryl methyl sites for hydroxylation is 1. The minimum Gasteiger partial charge on any atom is -0.461 e. The third-order valence-electron chi connectivity index (χ3n) is 4.73. The van der Waals surface area contributed by atoms with Gasteiger partial charge in [-0.2, -0.15) is 5.10 Å². The zero-order valence-electron chi connectivity index (χ0n) is 15.7. The van der Waals surface area contributed by atoms with Gasteiger partial charge in [0.25, 0.3) is 5.91 Å². The number of benzene rings is 2. The third kappa shape index (κ3) is 3.29. The number of carbonyl (C=O) groups excluding carboxylic acids is 1. The molecular weight excluding hydrogens is 357 g/mol. The van der Waals surface area contributed by atoms with E-state index in [1.807, 2.05) is 31.2 Å². The van der Waals surface area contributed by atoms with Crippen LogP contribution in [-0.2, 0) is 13.0 Å². The molecule has 0 aliphatic rings. The van der Waals surface area contributed by atoms with Crippen molar-refractivity contribution in [2.24, 2.45) is 0 Å². The highest BCUT2D eigenvalue weighted by atomic mass is 19.1. The first-order valence-electron chi connectivity index (χ1n) is 9.13. The van der Waals surface area contributed by atoms with Gasteiger partial charge in [-0.25, -0.2) is 9.07 Å². The summed E-state index contributed by atoms with van der Waals surface area (Å²) in [6.45, 7) is 2.45. The van der Waals surface area contributed by atoms with Gasteiger partial charge in [-0.05, 0) is 30.3 Å². The highest BCUT2D eigenvalue weighted by Crippen LogP contribution is 2.27. The van der Waals surface area contributed by atoms with Crippen molar-refractivity contribution in [3.8, 4) is 5.69 Å². The van der Waals surface area contributed by atoms with Crippen LogP contribution in [0.3, 0.4) is 0 Å². The summed E-state index contributed by atoms with van der Waals surface area (Å²) >= 11 is 0. The average molecular weight is 377 g/mol. The monoisotopic (exact) mass is 377 g/mol. The zero-order valence-corrected chi connectivity index (χ0v) is 15.7. The van der Waals surface area contributed by atoms with Crippen LogP contribution in [0.25, 0.3) is 16.7 Å². The highest BCUT2D eigenvalue weighted by Gasteiger charge is 2.20. The third-order valence-corrected chi connectivity index (χ3v) is 4.73. The molecule has 0 fully saturated rings. The van der Waals surface area contributed by atoms with Crippen molar-refractivity contribution in [2.75, 3.05) is 7.05 Å². The Bertz CT molecular complexity index is 1150. The summed E-state index contributed by atoms with van der Waals surface area (Å²) in [5.41, 5.74) is 2.71. The Morgan fingerprint density at radius 3 is 2.79 bits per heavy atom. The van der Waals surface area contributed by atoms with Crippen LogP contribution >= 0.6 is 0 Å². The van der Waals surface area contributed by atoms with Crippen molar-refractivity contribution in [3.05, 3.63) is 83.6 Å². The summed E-state index contributed by atoms with van der Waals surface area (Å²) in [6.07, 6.45) is 2.40. The maximum Gasteiger partial charge on any atom is 0.274 e. The van der Waals surface area contributed by atoms with Crippen LogP contribution in [0.4, 0.5) is 4.39 Å². The topological polar surface area (TPSA) is 51.3 Å². The van der Waals surface area contributed by atoms with Gasteiger partial charge in [-0.1, -0.05) is 31.2 Å². The van der Waals surface area contributed by atoms with Gasteiger partial charge in [0.2, 0.25) is 0 Å². The molecule has 0 radical (unpaired) electrons. The molecule has 5 nitrogen and oxygen atoms in total. The molecule has 2 aromatic carbocycles. The van der Waals surface area contributed by atoms with E-state index in [0.717, 1.165) is 28.7 Å². The van der Waals surface area contributed by atoms with Crippen molar-refractivity contribution in [1.82, 2.24) is 14.7 Å². The van der Waals surface area contributed by atoms with E-state index in [1.54, 1.807) is 36.3 Å². The lowest BCUT2D eigenvalue weighted by atomic mass is 10.1. The van der Waals surface area contributed by atoms with Crippen molar-refractivity contribution in [3.63, 3.8) is 0 Å². The van der Waals surface area contributed by atoms with Crippen LogP contribution in [-0.4, -0.2) is 27.6 Å². The number of rotatable bonds is 5. The fourth-order valence-electron chi connectivity index (χ4n) is 3.31. The Labute approximate surface area is 162 Å². The molecule has 28 heavy (non-hydrogen) atoms. The van der Waals surface area contributed by atoms with E-state index in [0.29, 0.717) is 17.9 Å². The first-order chi connectivity index (χ1) is 13.6. The number of nitrogens with zero attached hydrogens (tertiary/aromatic N) is 3. The number of hydrogen-bond donors (Lipinski definition) is 0. The minimum atomic E-state index is -0.350. The number of amides is 1. The van der Waals surface area contributed by atoms with E-state index in [4.69, 9.17) is 4.42 Å². The van der Waals surface area contributed by atoms with Gasteiger partial charge in [0.1, 0.15) is 17.2 Å². The molecule has 0 spiro atoms.